The molecule has 3 nitrogen and oxygen atoms in total. The zero-order chi connectivity index (χ0) is 23.7. The van der Waals surface area contributed by atoms with Crippen LogP contribution in [0.25, 0.3) is 0 Å². The number of hydrogen-bond donors (Lipinski definition) is 1. The van der Waals surface area contributed by atoms with Crippen molar-refractivity contribution in [1.82, 2.24) is 10.2 Å². The van der Waals surface area contributed by atoms with Gasteiger partial charge in [0.15, 0.2) is 0 Å². The molecule has 1 heterocycles. The smallest absolute Gasteiger partial charge is 0.264 e. The highest BCUT2D eigenvalue weighted by atomic mass is 79.9. The molecule has 0 fully saturated rings. The summed E-state index contributed by atoms with van der Waals surface area (Å²) in [6, 6.07) is 3.56. The minimum atomic E-state index is -0.177. The monoisotopic (exact) mass is 688 g/mol. The first-order valence-corrected chi connectivity index (χ1v) is 14.8. The maximum absolute atomic E-state index is 11.5. The molecule has 0 bridgehead atoms. The maximum atomic E-state index is 11.5. The van der Waals surface area contributed by atoms with Crippen LogP contribution in [0.2, 0.25) is 0 Å². The normalized spacial score (nSPS) is 16.7. The van der Waals surface area contributed by atoms with E-state index in [-0.39, 0.29) is 17.4 Å². The van der Waals surface area contributed by atoms with Crippen molar-refractivity contribution in [3.05, 3.63) is 28.2 Å². The highest BCUT2D eigenvalue weighted by molar-refractivity contribution is 9.30. The van der Waals surface area contributed by atoms with Crippen LogP contribution in [0.5, 0.6) is 0 Å². The van der Waals surface area contributed by atoms with Gasteiger partial charge in [-0.1, -0.05) is 136 Å². The topological polar surface area (TPSA) is 45.8 Å². The fourth-order valence-corrected chi connectivity index (χ4v) is 5.31. The molecule has 1 N–H and O–H groups in total. The molecule has 180 valence electrons. The molecule has 0 aliphatic heterocycles. The third kappa shape index (κ3) is 9.90. The van der Waals surface area contributed by atoms with Gasteiger partial charge in [0.05, 0.1) is 5.69 Å². The number of hydrogen-bond acceptors (Lipinski definition) is 2. The van der Waals surface area contributed by atoms with Crippen molar-refractivity contribution in [3.8, 4) is 0 Å². The van der Waals surface area contributed by atoms with E-state index in [1.807, 2.05) is 6.07 Å². The van der Waals surface area contributed by atoms with E-state index in [0.29, 0.717) is 11.8 Å². The molecule has 0 aliphatic carbocycles. The van der Waals surface area contributed by atoms with Crippen LogP contribution in [0, 0.1) is 11.8 Å². The minimum absolute atomic E-state index is 0.0131. The number of nitrogens with one attached hydrogen (secondary N) is 1. The van der Waals surface area contributed by atoms with Crippen LogP contribution in [0.15, 0.2) is 16.9 Å². The van der Waals surface area contributed by atoms with Gasteiger partial charge in [0, 0.05) is 11.5 Å². The van der Waals surface area contributed by atoms with Gasteiger partial charge in [0.1, 0.15) is 6.47 Å². The summed E-state index contributed by atoms with van der Waals surface area (Å²) < 4.78 is -0.324. The van der Waals surface area contributed by atoms with Gasteiger partial charge < -0.3 is 0 Å². The molecule has 1 aromatic heterocycles. The number of halogens is 4. The zero-order valence-electron chi connectivity index (χ0n) is 19.7. The van der Waals surface area contributed by atoms with Crippen molar-refractivity contribution in [3.63, 3.8) is 0 Å². The number of rotatable bonds is 15. The molecule has 1 rings (SSSR count). The summed E-state index contributed by atoms with van der Waals surface area (Å²) in [7, 11) is 0. The third-order valence-corrected chi connectivity index (χ3v) is 12.6. The van der Waals surface area contributed by atoms with Gasteiger partial charge in [0.2, 0.25) is 0 Å². The first-order valence-electron chi connectivity index (χ1n) is 11.7. The first-order chi connectivity index (χ1) is 14.3. The van der Waals surface area contributed by atoms with E-state index in [1.165, 1.54) is 51.4 Å². The minimum Gasteiger partial charge on any atom is -0.268 e. The summed E-state index contributed by atoms with van der Waals surface area (Å²) in [5, 5.41) is 7.11. The zero-order valence-corrected chi connectivity index (χ0v) is 26.1. The maximum Gasteiger partial charge on any atom is 0.264 e. The van der Waals surface area contributed by atoms with E-state index in [1.54, 1.807) is 6.07 Å². The average Bonchev–Trinajstić information content (AvgIpc) is 2.66. The molecule has 3 unspecified atom stereocenters. The lowest BCUT2D eigenvalue weighted by atomic mass is 9.68. The van der Waals surface area contributed by atoms with E-state index in [0.717, 1.165) is 18.5 Å². The molecule has 0 aromatic carbocycles. The largest absolute Gasteiger partial charge is 0.268 e. The standard InChI is InChI=1S/C24H40Br4N2O/c1-6-12-18(2)17-19(3)22(4,20-13-14-21(31)30-29-20)15-10-8-7-9-11-16-24(27,28)23(5,25)26/h13-14,18-19H,6-12,15-17H2,1-5H3,(H,30,31). The Morgan fingerprint density at radius 2 is 1.55 bits per heavy atom. The van der Waals surface area contributed by atoms with Gasteiger partial charge in [-0.15, -0.1) is 0 Å². The molecule has 0 radical (unpaired) electrons. The van der Waals surface area contributed by atoms with Crippen LogP contribution in [0.1, 0.15) is 105 Å². The van der Waals surface area contributed by atoms with Crippen LogP contribution in [0.4, 0.5) is 0 Å². The van der Waals surface area contributed by atoms with E-state index in [4.69, 9.17) is 0 Å². The molecule has 1 aromatic rings. The Hall–Kier alpha value is 0.800. The lowest BCUT2D eigenvalue weighted by Gasteiger charge is -2.36. The van der Waals surface area contributed by atoms with Gasteiger partial charge in [-0.2, -0.15) is 5.10 Å². The van der Waals surface area contributed by atoms with Crippen LogP contribution in [-0.2, 0) is 5.41 Å². The molecule has 0 saturated heterocycles. The number of aromatic nitrogens is 2. The van der Waals surface area contributed by atoms with Crippen LogP contribution >= 0.6 is 63.7 Å². The molecule has 7 heteroatoms. The predicted molar refractivity (Wildman–Crippen MR) is 149 cm³/mol. The summed E-state index contributed by atoms with van der Waals surface area (Å²) in [5.41, 5.74) is 0.886. The van der Waals surface area contributed by atoms with Crippen molar-refractivity contribution in [2.75, 3.05) is 0 Å². The van der Waals surface area contributed by atoms with Crippen molar-refractivity contribution in [1.29, 1.82) is 0 Å². The van der Waals surface area contributed by atoms with Crippen molar-refractivity contribution in [2.45, 2.75) is 111 Å². The van der Waals surface area contributed by atoms with E-state index in [9.17, 15) is 4.79 Å². The number of unbranched alkanes of at least 4 members (excludes halogenated alkanes) is 4. The van der Waals surface area contributed by atoms with Crippen molar-refractivity contribution in [2.24, 2.45) is 11.8 Å². The van der Waals surface area contributed by atoms with E-state index < -0.39 is 0 Å². The molecule has 0 spiro atoms. The fourth-order valence-electron chi connectivity index (χ4n) is 4.35. The van der Waals surface area contributed by atoms with Gasteiger partial charge in [0.25, 0.3) is 5.56 Å². The Labute approximate surface area is 223 Å². The second kappa shape index (κ2) is 13.6. The Kier molecular flexibility index (Phi) is 13.1. The predicted octanol–water partition coefficient (Wildman–Crippen LogP) is 9.21. The highest BCUT2D eigenvalue weighted by Crippen LogP contribution is 2.51. The summed E-state index contributed by atoms with van der Waals surface area (Å²) in [6.07, 6.45) is 11.9. The summed E-state index contributed by atoms with van der Waals surface area (Å²) in [5.74, 6) is 1.23. The van der Waals surface area contributed by atoms with Gasteiger partial charge in [-0.3, -0.25) is 4.79 Å². The number of H-pyrrole nitrogens is 1. The number of alkyl halides is 4. The number of nitrogens with zero attached hydrogens (tertiary/aromatic N) is 1. The molecule has 0 amide bonds. The van der Waals surface area contributed by atoms with Gasteiger partial charge in [-0.05, 0) is 44.1 Å². The third-order valence-electron chi connectivity index (χ3n) is 6.72. The van der Waals surface area contributed by atoms with Crippen LogP contribution in [-0.4, -0.2) is 16.7 Å². The Balaban J connectivity index is 2.63. The summed E-state index contributed by atoms with van der Waals surface area (Å²) in [6.45, 7) is 11.4. The number of aromatic amines is 1. The molecule has 0 aliphatic rings. The Morgan fingerprint density at radius 3 is 2.06 bits per heavy atom. The van der Waals surface area contributed by atoms with E-state index >= 15 is 0 Å². The first kappa shape index (κ1) is 29.8. The second-order valence-corrected chi connectivity index (χ2v) is 17.6. The van der Waals surface area contributed by atoms with Crippen LogP contribution in [0.3, 0.4) is 0 Å². The molecule has 31 heavy (non-hydrogen) atoms. The van der Waals surface area contributed by atoms with Gasteiger partial charge in [-0.25, -0.2) is 5.10 Å². The molecule has 3 atom stereocenters. The van der Waals surface area contributed by atoms with Crippen LogP contribution < -0.4 is 5.56 Å². The lowest BCUT2D eigenvalue weighted by Crippen LogP contribution is -2.33. The fraction of sp³-hybridized carbons (Fsp3) is 0.833. The Bertz CT molecular complexity index is 681. The molecular weight excluding hydrogens is 652 g/mol. The Morgan fingerprint density at radius 1 is 0.968 bits per heavy atom. The average molecular weight is 692 g/mol. The molecular formula is C24H40Br4N2O. The molecule has 0 saturated carbocycles. The van der Waals surface area contributed by atoms with Gasteiger partial charge >= 0.3 is 0 Å². The lowest BCUT2D eigenvalue weighted by molar-refractivity contribution is 0.228. The quantitative estimate of drug-likeness (QED) is 0.147. The summed E-state index contributed by atoms with van der Waals surface area (Å²) in [4.78, 5) is 11.5. The van der Waals surface area contributed by atoms with Crippen molar-refractivity contribution < 1.29 is 0 Å². The summed E-state index contributed by atoms with van der Waals surface area (Å²) >= 11 is 14.9. The SMILES string of the molecule is CCCC(C)CC(C)C(C)(CCCCCCCC(Br)(Br)C(C)(Br)Br)c1ccc(=O)[nH]n1. The highest BCUT2D eigenvalue weighted by Gasteiger charge is 2.40. The van der Waals surface area contributed by atoms with E-state index in [2.05, 4.69) is 109 Å². The van der Waals surface area contributed by atoms with Crippen molar-refractivity contribution >= 4 is 63.7 Å². The second-order valence-electron chi connectivity index (χ2n) is 9.62.